The van der Waals surface area contributed by atoms with Gasteiger partial charge >= 0.3 is 12.1 Å². The second-order valence-corrected chi connectivity index (χ2v) is 4.93. The lowest BCUT2D eigenvalue weighted by Gasteiger charge is -2.15. The van der Waals surface area contributed by atoms with Crippen LogP contribution < -0.4 is 5.32 Å². The third kappa shape index (κ3) is 3.64. The normalized spacial score (nSPS) is 11.3. The Labute approximate surface area is 134 Å². The zero-order valence-corrected chi connectivity index (χ0v) is 12.6. The first-order valence-corrected chi connectivity index (χ1v) is 6.65. The second kappa shape index (κ2) is 6.46. The Morgan fingerprint density at radius 1 is 1.08 bits per heavy atom. The molecule has 2 rings (SSSR count). The highest BCUT2D eigenvalue weighted by atomic mass is 19.4. The molecular formula is C16H12F5NO2. The van der Waals surface area contributed by atoms with E-state index in [0.29, 0.717) is 12.1 Å². The zero-order valence-electron chi connectivity index (χ0n) is 12.6. The van der Waals surface area contributed by atoms with E-state index in [1.807, 2.05) is 0 Å². The minimum absolute atomic E-state index is 0.0163. The molecule has 128 valence electrons. The molecule has 0 unspecified atom stereocenters. The molecule has 0 atom stereocenters. The standard InChI is InChI=1S/C16H12F5NO2/c1-8-12(18)6-10(17)7-14(8)22-13-4-3-9(16(19,20)21)5-11(13)15(23)24-2/h3-7,22H,1-2H3. The lowest BCUT2D eigenvalue weighted by atomic mass is 10.1. The van der Waals surface area contributed by atoms with E-state index in [0.717, 1.165) is 25.3 Å². The highest BCUT2D eigenvalue weighted by Gasteiger charge is 2.32. The van der Waals surface area contributed by atoms with Crippen molar-refractivity contribution in [3.63, 3.8) is 0 Å². The van der Waals surface area contributed by atoms with Gasteiger partial charge in [-0.05, 0) is 31.2 Å². The van der Waals surface area contributed by atoms with E-state index in [9.17, 15) is 26.7 Å². The molecule has 8 heteroatoms. The van der Waals surface area contributed by atoms with Crippen molar-refractivity contribution in [2.75, 3.05) is 12.4 Å². The molecule has 0 aliphatic carbocycles. The van der Waals surface area contributed by atoms with Crippen LogP contribution >= 0.6 is 0 Å². The fourth-order valence-electron chi connectivity index (χ4n) is 2.03. The van der Waals surface area contributed by atoms with Crippen LogP contribution in [0, 0.1) is 18.6 Å². The molecule has 1 N–H and O–H groups in total. The van der Waals surface area contributed by atoms with E-state index in [2.05, 4.69) is 10.1 Å². The number of halogens is 5. The lowest BCUT2D eigenvalue weighted by Crippen LogP contribution is -2.11. The first-order valence-electron chi connectivity index (χ1n) is 6.65. The maximum absolute atomic E-state index is 13.6. The first-order chi connectivity index (χ1) is 11.1. The number of nitrogens with one attached hydrogen (secondary N) is 1. The Hall–Kier alpha value is -2.64. The van der Waals surface area contributed by atoms with Crippen molar-refractivity contribution >= 4 is 17.3 Å². The number of ether oxygens (including phenoxy) is 1. The van der Waals surface area contributed by atoms with Crippen LogP contribution in [-0.4, -0.2) is 13.1 Å². The van der Waals surface area contributed by atoms with Gasteiger partial charge in [-0.25, -0.2) is 13.6 Å². The first kappa shape index (κ1) is 17.7. The molecule has 0 aliphatic rings. The van der Waals surface area contributed by atoms with Gasteiger partial charge in [0.15, 0.2) is 0 Å². The SMILES string of the molecule is COC(=O)c1cc(C(F)(F)F)ccc1Nc1cc(F)cc(F)c1C. The third-order valence-electron chi connectivity index (χ3n) is 3.33. The predicted molar refractivity (Wildman–Crippen MR) is 77.2 cm³/mol. The van der Waals surface area contributed by atoms with Gasteiger partial charge in [-0.3, -0.25) is 0 Å². The summed E-state index contributed by atoms with van der Waals surface area (Å²) in [4.78, 5) is 11.7. The van der Waals surface area contributed by atoms with E-state index in [4.69, 9.17) is 0 Å². The molecule has 24 heavy (non-hydrogen) atoms. The Kier molecular flexibility index (Phi) is 4.77. The number of rotatable bonds is 3. The summed E-state index contributed by atoms with van der Waals surface area (Å²) in [5.74, 6) is -2.71. The molecule has 0 radical (unpaired) electrons. The number of carbonyl (C=O) groups excluding carboxylic acids is 1. The molecule has 0 amide bonds. The van der Waals surface area contributed by atoms with Crippen LogP contribution in [0.4, 0.5) is 33.3 Å². The summed E-state index contributed by atoms with van der Waals surface area (Å²) in [6.07, 6.45) is -4.65. The Morgan fingerprint density at radius 3 is 2.33 bits per heavy atom. The lowest BCUT2D eigenvalue weighted by molar-refractivity contribution is -0.137. The van der Waals surface area contributed by atoms with Crippen molar-refractivity contribution in [2.45, 2.75) is 13.1 Å². The van der Waals surface area contributed by atoms with Gasteiger partial charge in [0.05, 0.1) is 23.9 Å². The number of esters is 1. The summed E-state index contributed by atoms with van der Waals surface area (Å²) < 4.78 is 69.7. The number of hydrogen-bond acceptors (Lipinski definition) is 3. The number of alkyl halides is 3. The fourth-order valence-corrected chi connectivity index (χ4v) is 2.03. The van der Waals surface area contributed by atoms with Crippen molar-refractivity contribution in [1.29, 1.82) is 0 Å². The molecule has 3 nitrogen and oxygen atoms in total. The highest BCUT2D eigenvalue weighted by Crippen LogP contribution is 2.33. The minimum Gasteiger partial charge on any atom is -0.465 e. The zero-order chi connectivity index (χ0) is 18.1. The van der Waals surface area contributed by atoms with Gasteiger partial charge in [-0.1, -0.05) is 0 Å². The van der Waals surface area contributed by atoms with Gasteiger partial charge in [0.1, 0.15) is 11.6 Å². The summed E-state index contributed by atoms with van der Waals surface area (Å²) in [6.45, 7) is 1.36. The maximum Gasteiger partial charge on any atom is 0.416 e. The average Bonchev–Trinajstić information content (AvgIpc) is 2.50. The average molecular weight is 345 g/mol. The smallest absolute Gasteiger partial charge is 0.416 e. The van der Waals surface area contributed by atoms with Crippen LogP contribution in [0.1, 0.15) is 21.5 Å². The summed E-state index contributed by atoms with van der Waals surface area (Å²) in [7, 11) is 1.01. The van der Waals surface area contributed by atoms with Gasteiger partial charge in [0.25, 0.3) is 0 Å². The molecule has 0 heterocycles. The van der Waals surface area contributed by atoms with Crippen LogP contribution in [0.2, 0.25) is 0 Å². The van der Waals surface area contributed by atoms with Crippen molar-refractivity contribution < 1.29 is 31.5 Å². The monoisotopic (exact) mass is 345 g/mol. The number of carbonyl (C=O) groups is 1. The maximum atomic E-state index is 13.6. The number of methoxy groups -OCH3 is 1. The van der Waals surface area contributed by atoms with Gasteiger partial charge in [-0.15, -0.1) is 0 Å². The van der Waals surface area contributed by atoms with Crippen LogP contribution in [0.5, 0.6) is 0 Å². The summed E-state index contributed by atoms with van der Waals surface area (Å²) in [6, 6.07) is 4.00. The van der Waals surface area contributed by atoms with Crippen LogP contribution in [-0.2, 0) is 10.9 Å². The van der Waals surface area contributed by atoms with Crippen LogP contribution in [0.15, 0.2) is 30.3 Å². The Bertz CT molecular complexity index is 787. The van der Waals surface area contributed by atoms with E-state index in [1.165, 1.54) is 6.92 Å². The van der Waals surface area contributed by atoms with E-state index in [1.54, 1.807) is 0 Å². The van der Waals surface area contributed by atoms with Crippen molar-refractivity contribution in [2.24, 2.45) is 0 Å². The van der Waals surface area contributed by atoms with Gasteiger partial charge in [0.2, 0.25) is 0 Å². The molecule has 0 spiro atoms. The number of benzene rings is 2. The highest BCUT2D eigenvalue weighted by molar-refractivity contribution is 5.96. The molecule has 0 saturated carbocycles. The second-order valence-electron chi connectivity index (χ2n) is 4.93. The summed E-state index contributed by atoms with van der Waals surface area (Å²) in [5, 5.41) is 2.57. The Morgan fingerprint density at radius 2 is 1.75 bits per heavy atom. The third-order valence-corrected chi connectivity index (χ3v) is 3.33. The molecule has 2 aromatic carbocycles. The van der Waals surface area contributed by atoms with Crippen LogP contribution in [0.3, 0.4) is 0 Å². The predicted octanol–water partition coefficient (Wildman–Crippen LogP) is 4.82. The summed E-state index contributed by atoms with van der Waals surface area (Å²) >= 11 is 0. The molecule has 0 aromatic heterocycles. The molecular weight excluding hydrogens is 333 g/mol. The summed E-state index contributed by atoms with van der Waals surface area (Å²) in [5.41, 5.74) is -1.49. The van der Waals surface area contributed by atoms with Crippen molar-refractivity contribution in [3.8, 4) is 0 Å². The van der Waals surface area contributed by atoms with Gasteiger partial charge in [-0.2, -0.15) is 13.2 Å². The van der Waals surface area contributed by atoms with E-state index < -0.39 is 34.9 Å². The van der Waals surface area contributed by atoms with Crippen molar-refractivity contribution in [3.05, 3.63) is 58.7 Å². The Balaban J connectivity index is 2.53. The number of anilines is 2. The molecule has 0 bridgehead atoms. The minimum atomic E-state index is -4.65. The van der Waals surface area contributed by atoms with Crippen LogP contribution in [0.25, 0.3) is 0 Å². The van der Waals surface area contributed by atoms with Crippen molar-refractivity contribution in [1.82, 2.24) is 0 Å². The van der Waals surface area contributed by atoms with Gasteiger partial charge in [0, 0.05) is 17.3 Å². The van der Waals surface area contributed by atoms with E-state index >= 15 is 0 Å². The quantitative estimate of drug-likeness (QED) is 0.640. The largest absolute Gasteiger partial charge is 0.465 e. The molecule has 2 aromatic rings. The molecule has 0 aliphatic heterocycles. The molecule has 0 fully saturated rings. The molecule has 0 saturated heterocycles. The van der Waals surface area contributed by atoms with Gasteiger partial charge < -0.3 is 10.1 Å². The fraction of sp³-hybridized carbons (Fsp3) is 0.188. The number of hydrogen-bond donors (Lipinski definition) is 1. The topological polar surface area (TPSA) is 38.3 Å². The van der Waals surface area contributed by atoms with E-state index in [-0.39, 0.29) is 16.9 Å².